The van der Waals surface area contributed by atoms with Crippen LogP contribution < -0.4 is 10.1 Å². The second-order valence-corrected chi connectivity index (χ2v) is 6.06. The first kappa shape index (κ1) is 14.9. The molecule has 1 aliphatic rings. The van der Waals surface area contributed by atoms with E-state index >= 15 is 0 Å². The van der Waals surface area contributed by atoms with Crippen LogP contribution in [0.4, 0.5) is 0 Å². The quantitative estimate of drug-likeness (QED) is 0.895. The Morgan fingerprint density at radius 3 is 2.84 bits per heavy atom. The molecule has 0 bridgehead atoms. The number of benzene rings is 1. The third kappa shape index (κ3) is 3.54. The molecule has 1 heterocycles. The third-order valence-corrected chi connectivity index (χ3v) is 3.91. The molecule has 1 aromatic rings. The first-order valence-electron chi connectivity index (χ1n) is 6.52. The molecule has 0 aromatic heterocycles. The van der Waals surface area contributed by atoms with Gasteiger partial charge in [-0.1, -0.05) is 37.0 Å². The summed E-state index contributed by atoms with van der Waals surface area (Å²) in [4.78, 5) is 0. The first-order chi connectivity index (χ1) is 8.99. The zero-order valence-corrected chi connectivity index (χ0v) is 12.6. The number of aliphatic hydroxyl groups excluding tert-OH is 1. The second-order valence-electron chi connectivity index (χ2n) is 5.22. The van der Waals surface area contributed by atoms with Gasteiger partial charge in [-0.3, -0.25) is 0 Å². The molecule has 0 saturated carbocycles. The predicted octanol–water partition coefficient (Wildman–Crippen LogP) is 3.42. The number of hydrogen-bond donors (Lipinski definition) is 2. The van der Waals surface area contributed by atoms with Gasteiger partial charge in [-0.05, 0) is 18.1 Å². The number of ether oxygens (including phenoxy) is 1. The van der Waals surface area contributed by atoms with Crippen LogP contribution in [0.25, 0.3) is 0 Å². The van der Waals surface area contributed by atoms with Gasteiger partial charge in [0.2, 0.25) is 0 Å². The molecular weight excluding hydrogens is 285 g/mol. The fourth-order valence-electron chi connectivity index (χ4n) is 2.14. The summed E-state index contributed by atoms with van der Waals surface area (Å²) in [6.45, 7) is 5.16. The van der Waals surface area contributed by atoms with Crippen molar-refractivity contribution in [2.75, 3.05) is 13.2 Å². The van der Waals surface area contributed by atoms with Crippen LogP contribution in [0, 0.1) is 5.92 Å². The Kier molecular flexibility index (Phi) is 4.96. The van der Waals surface area contributed by atoms with E-state index in [1.807, 2.05) is 19.9 Å². The van der Waals surface area contributed by atoms with E-state index in [4.69, 9.17) is 27.9 Å². The van der Waals surface area contributed by atoms with Crippen LogP contribution in [0.2, 0.25) is 10.0 Å². The average Bonchev–Trinajstić information content (AvgIpc) is 2.35. The van der Waals surface area contributed by atoms with Gasteiger partial charge >= 0.3 is 0 Å². The maximum absolute atomic E-state index is 9.87. The molecule has 5 heteroatoms. The lowest BCUT2D eigenvalue weighted by Crippen LogP contribution is -2.35. The standard InChI is InChI=1S/C14H19Cl2NO2/c1-8(2)13(18)7-17-12-3-4-19-14-10(12)5-9(15)6-11(14)16/h5-6,8,12-13,17-18H,3-4,7H2,1-2H3. The van der Waals surface area contributed by atoms with Crippen LogP contribution in [0.3, 0.4) is 0 Å². The van der Waals surface area contributed by atoms with Crippen LogP contribution in [-0.2, 0) is 0 Å². The average molecular weight is 304 g/mol. The Labute approximate surface area is 123 Å². The topological polar surface area (TPSA) is 41.5 Å². The SMILES string of the molecule is CC(C)C(O)CNC1CCOc2c(Cl)cc(Cl)cc21. The van der Waals surface area contributed by atoms with Gasteiger partial charge < -0.3 is 15.2 Å². The molecule has 0 amide bonds. The second kappa shape index (κ2) is 6.31. The number of fused-ring (bicyclic) bond motifs is 1. The lowest BCUT2D eigenvalue weighted by atomic mass is 9.99. The van der Waals surface area contributed by atoms with Gasteiger partial charge in [0.25, 0.3) is 0 Å². The minimum Gasteiger partial charge on any atom is -0.492 e. The normalized spacial score (nSPS) is 20.0. The van der Waals surface area contributed by atoms with Crippen LogP contribution in [0.5, 0.6) is 5.75 Å². The molecule has 0 fully saturated rings. The van der Waals surface area contributed by atoms with Gasteiger partial charge in [-0.15, -0.1) is 0 Å². The van der Waals surface area contributed by atoms with Crippen molar-refractivity contribution < 1.29 is 9.84 Å². The van der Waals surface area contributed by atoms with E-state index < -0.39 is 0 Å². The van der Waals surface area contributed by atoms with E-state index in [1.54, 1.807) is 6.07 Å². The molecule has 2 N–H and O–H groups in total. The minimum atomic E-state index is -0.360. The highest BCUT2D eigenvalue weighted by Crippen LogP contribution is 2.39. The highest BCUT2D eigenvalue weighted by molar-refractivity contribution is 6.35. The lowest BCUT2D eigenvalue weighted by Gasteiger charge is -2.29. The van der Waals surface area contributed by atoms with Crippen molar-refractivity contribution in [2.24, 2.45) is 5.92 Å². The van der Waals surface area contributed by atoms with E-state index in [2.05, 4.69) is 5.32 Å². The first-order valence-corrected chi connectivity index (χ1v) is 7.28. The molecule has 1 aromatic carbocycles. The summed E-state index contributed by atoms with van der Waals surface area (Å²) >= 11 is 12.2. The van der Waals surface area contributed by atoms with E-state index in [0.717, 1.165) is 12.0 Å². The highest BCUT2D eigenvalue weighted by Gasteiger charge is 2.24. The van der Waals surface area contributed by atoms with Crippen LogP contribution >= 0.6 is 23.2 Å². The largest absolute Gasteiger partial charge is 0.492 e. The zero-order chi connectivity index (χ0) is 14.0. The molecule has 1 aliphatic heterocycles. The van der Waals surface area contributed by atoms with Crippen molar-refractivity contribution >= 4 is 23.2 Å². The maximum atomic E-state index is 9.87. The number of rotatable bonds is 4. The molecule has 2 atom stereocenters. The Morgan fingerprint density at radius 2 is 2.16 bits per heavy atom. The summed E-state index contributed by atoms with van der Waals surface area (Å²) in [6, 6.07) is 3.68. The number of halogens is 2. The zero-order valence-electron chi connectivity index (χ0n) is 11.1. The van der Waals surface area contributed by atoms with Crippen molar-refractivity contribution in [3.63, 3.8) is 0 Å². The fourth-order valence-corrected chi connectivity index (χ4v) is 2.70. The number of hydrogen-bond acceptors (Lipinski definition) is 3. The van der Waals surface area contributed by atoms with Crippen molar-refractivity contribution in [1.82, 2.24) is 5.32 Å². The Hall–Kier alpha value is -0.480. The minimum absolute atomic E-state index is 0.119. The van der Waals surface area contributed by atoms with Crippen molar-refractivity contribution in [1.29, 1.82) is 0 Å². The van der Waals surface area contributed by atoms with Crippen LogP contribution in [0.15, 0.2) is 12.1 Å². The molecule has 0 spiro atoms. The van der Waals surface area contributed by atoms with Gasteiger partial charge in [0.15, 0.2) is 0 Å². The Morgan fingerprint density at radius 1 is 1.42 bits per heavy atom. The summed E-state index contributed by atoms with van der Waals surface area (Å²) in [5, 5.41) is 14.4. The van der Waals surface area contributed by atoms with Gasteiger partial charge in [0, 0.05) is 29.6 Å². The summed E-state index contributed by atoms with van der Waals surface area (Å²) in [5.41, 5.74) is 0.972. The molecular formula is C14H19Cl2NO2. The summed E-state index contributed by atoms with van der Waals surface area (Å²) < 4.78 is 5.60. The molecule has 106 valence electrons. The van der Waals surface area contributed by atoms with Crippen molar-refractivity contribution in [2.45, 2.75) is 32.4 Å². The molecule has 3 nitrogen and oxygen atoms in total. The monoisotopic (exact) mass is 303 g/mol. The van der Waals surface area contributed by atoms with Gasteiger partial charge in [0.05, 0.1) is 17.7 Å². The lowest BCUT2D eigenvalue weighted by molar-refractivity contribution is 0.116. The van der Waals surface area contributed by atoms with E-state index in [0.29, 0.717) is 28.9 Å². The Bertz CT molecular complexity index is 451. The maximum Gasteiger partial charge on any atom is 0.142 e. The summed E-state index contributed by atoms with van der Waals surface area (Å²) in [5.74, 6) is 0.934. The molecule has 2 rings (SSSR count). The van der Waals surface area contributed by atoms with Gasteiger partial charge in [-0.2, -0.15) is 0 Å². The van der Waals surface area contributed by atoms with Crippen molar-refractivity contribution in [3.05, 3.63) is 27.7 Å². The summed E-state index contributed by atoms with van der Waals surface area (Å²) in [6.07, 6.45) is 0.482. The summed E-state index contributed by atoms with van der Waals surface area (Å²) in [7, 11) is 0. The van der Waals surface area contributed by atoms with E-state index in [9.17, 15) is 5.11 Å². The number of nitrogens with one attached hydrogen (secondary N) is 1. The fraction of sp³-hybridized carbons (Fsp3) is 0.571. The van der Waals surface area contributed by atoms with Crippen LogP contribution in [-0.4, -0.2) is 24.4 Å². The molecule has 0 aliphatic carbocycles. The third-order valence-electron chi connectivity index (χ3n) is 3.41. The Balaban J connectivity index is 2.13. The highest BCUT2D eigenvalue weighted by atomic mass is 35.5. The molecule has 2 unspecified atom stereocenters. The molecule has 0 radical (unpaired) electrons. The van der Waals surface area contributed by atoms with Gasteiger partial charge in [-0.25, -0.2) is 0 Å². The van der Waals surface area contributed by atoms with Crippen molar-refractivity contribution in [3.8, 4) is 5.75 Å². The van der Waals surface area contributed by atoms with Gasteiger partial charge in [0.1, 0.15) is 5.75 Å². The number of aliphatic hydroxyl groups is 1. The van der Waals surface area contributed by atoms with Crippen LogP contribution in [0.1, 0.15) is 31.9 Å². The smallest absolute Gasteiger partial charge is 0.142 e. The molecule has 19 heavy (non-hydrogen) atoms. The predicted molar refractivity (Wildman–Crippen MR) is 78.2 cm³/mol. The molecule has 0 saturated heterocycles. The van der Waals surface area contributed by atoms with E-state index in [1.165, 1.54) is 0 Å². The van der Waals surface area contributed by atoms with E-state index in [-0.39, 0.29) is 18.1 Å².